The van der Waals surface area contributed by atoms with E-state index in [1.54, 1.807) is 35.6 Å². The Kier molecular flexibility index (Phi) is 5.72. The zero-order valence-corrected chi connectivity index (χ0v) is 19.2. The van der Waals surface area contributed by atoms with E-state index >= 15 is 0 Å². The molecule has 3 heterocycles. The van der Waals surface area contributed by atoms with E-state index in [1.807, 2.05) is 48.5 Å². The second-order valence-electron chi connectivity index (χ2n) is 7.97. The van der Waals surface area contributed by atoms with Gasteiger partial charge in [-0.15, -0.1) is 0 Å². The first-order chi connectivity index (χ1) is 16.1. The fourth-order valence-electron chi connectivity index (χ4n) is 4.17. The van der Waals surface area contributed by atoms with Crippen molar-refractivity contribution in [2.24, 2.45) is 5.92 Å². The highest BCUT2D eigenvalue weighted by Gasteiger charge is 2.36. The monoisotopic (exact) mass is 464 g/mol. The standard InChI is InChI=1S/C24H24N4O4S/c1-31-18-7-3-16(4-8-18)27-12-15(11-22(27)29)24(30)25-23-20-13-33-14-21(20)26-28(23)17-5-9-19(32-2)10-6-17/h3-10,15H,11-14H2,1-2H3,(H,25,30). The summed E-state index contributed by atoms with van der Waals surface area (Å²) in [4.78, 5) is 27.6. The van der Waals surface area contributed by atoms with Crippen molar-refractivity contribution in [1.82, 2.24) is 9.78 Å². The van der Waals surface area contributed by atoms with Gasteiger partial charge in [-0.1, -0.05) is 0 Å². The Hall–Kier alpha value is -3.46. The first kappa shape index (κ1) is 21.4. The molecule has 9 heteroatoms. The van der Waals surface area contributed by atoms with E-state index < -0.39 is 5.92 Å². The van der Waals surface area contributed by atoms with Gasteiger partial charge in [0.1, 0.15) is 17.3 Å². The molecule has 2 aliphatic rings. The Morgan fingerprint density at radius 2 is 1.64 bits per heavy atom. The van der Waals surface area contributed by atoms with Gasteiger partial charge in [0.15, 0.2) is 0 Å². The van der Waals surface area contributed by atoms with Gasteiger partial charge in [0.2, 0.25) is 11.8 Å². The lowest BCUT2D eigenvalue weighted by Gasteiger charge is -2.17. The van der Waals surface area contributed by atoms with E-state index in [4.69, 9.17) is 14.6 Å². The number of nitrogens with one attached hydrogen (secondary N) is 1. The second-order valence-corrected chi connectivity index (χ2v) is 8.95. The van der Waals surface area contributed by atoms with Gasteiger partial charge in [0.25, 0.3) is 0 Å². The van der Waals surface area contributed by atoms with Crippen LogP contribution in [0.4, 0.5) is 11.5 Å². The number of benzene rings is 2. The number of nitrogens with zero attached hydrogens (tertiary/aromatic N) is 3. The number of carbonyl (C=O) groups excluding carboxylic acids is 2. The van der Waals surface area contributed by atoms with Gasteiger partial charge in [-0.25, -0.2) is 4.68 Å². The van der Waals surface area contributed by atoms with Crippen molar-refractivity contribution in [2.45, 2.75) is 17.9 Å². The Labute approximate surface area is 195 Å². The maximum atomic E-state index is 13.2. The molecule has 1 N–H and O–H groups in total. The molecule has 2 aliphatic heterocycles. The second kappa shape index (κ2) is 8.82. The van der Waals surface area contributed by atoms with Gasteiger partial charge in [-0.05, 0) is 48.5 Å². The summed E-state index contributed by atoms with van der Waals surface area (Å²) in [5.41, 5.74) is 3.62. The Morgan fingerprint density at radius 3 is 2.27 bits per heavy atom. The lowest BCUT2D eigenvalue weighted by atomic mass is 10.1. The number of amides is 2. The highest BCUT2D eigenvalue weighted by atomic mass is 32.2. The number of fused-ring (bicyclic) bond motifs is 1. The number of thioether (sulfide) groups is 1. The SMILES string of the molecule is COc1ccc(N2CC(C(=O)Nc3c4c(nn3-c3ccc(OC)cc3)CSC4)CC2=O)cc1. The van der Waals surface area contributed by atoms with Crippen LogP contribution in [0.5, 0.6) is 11.5 Å². The van der Waals surface area contributed by atoms with Crippen LogP contribution in [-0.2, 0) is 21.1 Å². The van der Waals surface area contributed by atoms with E-state index in [9.17, 15) is 9.59 Å². The Balaban J connectivity index is 1.37. The minimum atomic E-state index is -0.441. The molecule has 1 saturated heterocycles. The lowest BCUT2D eigenvalue weighted by Crippen LogP contribution is -2.28. The molecule has 1 unspecified atom stereocenters. The third-order valence-electron chi connectivity index (χ3n) is 5.99. The summed E-state index contributed by atoms with van der Waals surface area (Å²) in [5.74, 6) is 3.08. The maximum Gasteiger partial charge on any atom is 0.230 e. The highest BCUT2D eigenvalue weighted by Crippen LogP contribution is 2.37. The van der Waals surface area contributed by atoms with Gasteiger partial charge in [-0.2, -0.15) is 16.9 Å². The van der Waals surface area contributed by atoms with Gasteiger partial charge in [-0.3, -0.25) is 9.59 Å². The zero-order chi connectivity index (χ0) is 22.9. The van der Waals surface area contributed by atoms with E-state index in [-0.39, 0.29) is 18.2 Å². The molecule has 0 saturated carbocycles. The molecule has 3 aromatic rings. The molecule has 2 aromatic carbocycles. The molecule has 8 nitrogen and oxygen atoms in total. The van der Waals surface area contributed by atoms with E-state index in [0.717, 1.165) is 45.6 Å². The molecular weight excluding hydrogens is 440 g/mol. The predicted molar refractivity (Wildman–Crippen MR) is 127 cm³/mol. The van der Waals surface area contributed by atoms with Crippen LogP contribution < -0.4 is 19.7 Å². The van der Waals surface area contributed by atoms with Crippen molar-refractivity contribution < 1.29 is 19.1 Å². The topological polar surface area (TPSA) is 85.7 Å². The van der Waals surface area contributed by atoms with E-state index in [1.165, 1.54) is 0 Å². The summed E-state index contributed by atoms with van der Waals surface area (Å²) in [6, 6.07) is 14.8. The predicted octanol–water partition coefficient (Wildman–Crippen LogP) is 3.63. The minimum absolute atomic E-state index is 0.0650. The number of hydrogen-bond acceptors (Lipinski definition) is 6. The Morgan fingerprint density at radius 1 is 1.00 bits per heavy atom. The van der Waals surface area contributed by atoms with Crippen molar-refractivity contribution in [3.05, 3.63) is 59.8 Å². The van der Waals surface area contributed by atoms with Crippen LogP contribution in [0.15, 0.2) is 48.5 Å². The molecule has 1 fully saturated rings. The lowest BCUT2D eigenvalue weighted by molar-refractivity contribution is -0.122. The summed E-state index contributed by atoms with van der Waals surface area (Å²) in [6.07, 6.45) is 0.172. The molecule has 5 rings (SSSR count). The molecule has 33 heavy (non-hydrogen) atoms. The van der Waals surface area contributed by atoms with Gasteiger partial charge < -0.3 is 19.7 Å². The first-order valence-corrected chi connectivity index (χ1v) is 11.8. The number of ether oxygens (including phenoxy) is 2. The largest absolute Gasteiger partial charge is 0.497 e. The average molecular weight is 465 g/mol. The number of aromatic nitrogens is 2. The molecule has 0 spiro atoms. The summed E-state index contributed by atoms with van der Waals surface area (Å²) >= 11 is 1.77. The van der Waals surface area contributed by atoms with Crippen molar-refractivity contribution in [3.63, 3.8) is 0 Å². The molecule has 0 radical (unpaired) electrons. The summed E-state index contributed by atoms with van der Waals surface area (Å²) in [7, 11) is 3.22. The normalized spacial score (nSPS) is 17.2. The minimum Gasteiger partial charge on any atom is -0.497 e. The van der Waals surface area contributed by atoms with E-state index in [0.29, 0.717) is 12.4 Å². The summed E-state index contributed by atoms with van der Waals surface area (Å²) in [5, 5.41) is 7.83. The molecule has 2 amide bonds. The third-order valence-corrected chi connectivity index (χ3v) is 6.96. The third kappa shape index (κ3) is 4.04. The van der Waals surface area contributed by atoms with Crippen molar-refractivity contribution in [3.8, 4) is 17.2 Å². The smallest absolute Gasteiger partial charge is 0.230 e. The van der Waals surface area contributed by atoms with Gasteiger partial charge in [0.05, 0.1) is 31.5 Å². The number of anilines is 2. The van der Waals surface area contributed by atoms with Crippen LogP contribution in [-0.4, -0.2) is 42.4 Å². The molecule has 1 atom stereocenters. The summed E-state index contributed by atoms with van der Waals surface area (Å²) in [6.45, 7) is 0.338. The number of rotatable bonds is 6. The van der Waals surface area contributed by atoms with Crippen LogP contribution in [0.1, 0.15) is 17.7 Å². The number of carbonyl (C=O) groups is 2. The van der Waals surface area contributed by atoms with Crippen LogP contribution >= 0.6 is 11.8 Å². The first-order valence-electron chi connectivity index (χ1n) is 10.7. The molecule has 0 bridgehead atoms. The van der Waals surface area contributed by atoms with Crippen LogP contribution in [0.25, 0.3) is 5.69 Å². The van der Waals surface area contributed by atoms with Crippen molar-refractivity contribution >= 4 is 35.1 Å². The van der Waals surface area contributed by atoms with E-state index in [2.05, 4.69) is 5.32 Å². The molecule has 1 aromatic heterocycles. The van der Waals surface area contributed by atoms with Crippen molar-refractivity contribution in [1.29, 1.82) is 0 Å². The number of hydrogen-bond donors (Lipinski definition) is 1. The number of methoxy groups -OCH3 is 2. The highest BCUT2D eigenvalue weighted by molar-refractivity contribution is 7.98. The summed E-state index contributed by atoms with van der Waals surface area (Å²) < 4.78 is 12.2. The molecular formula is C24H24N4O4S. The zero-order valence-electron chi connectivity index (χ0n) is 18.4. The Bertz CT molecular complexity index is 1190. The fraction of sp³-hybridized carbons (Fsp3) is 0.292. The van der Waals surface area contributed by atoms with Crippen molar-refractivity contribution in [2.75, 3.05) is 31.0 Å². The molecule has 0 aliphatic carbocycles. The maximum absolute atomic E-state index is 13.2. The van der Waals surface area contributed by atoms with Gasteiger partial charge >= 0.3 is 0 Å². The fourth-order valence-corrected chi connectivity index (χ4v) is 5.20. The van der Waals surface area contributed by atoms with Crippen LogP contribution in [0.3, 0.4) is 0 Å². The average Bonchev–Trinajstić information content (AvgIpc) is 3.55. The van der Waals surface area contributed by atoms with Crippen LogP contribution in [0, 0.1) is 5.92 Å². The van der Waals surface area contributed by atoms with Crippen LogP contribution in [0.2, 0.25) is 0 Å². The molecule has 170 valence electrons. The quantitative estimate of drug-likeness (QED) is 0.600. The van der Waals surface area contributed by atoms with Gasteiger partial charge in [0, 0.05) is 35.7 Å².